The van der Waals surface area contributed by atoms with Gasteiger partial charge in [0.1, 0.15) is 0 Å². The average Bonchev–Trinajstić information content (AvgIpc) is 2.23. The van der Waals surface area contributed by atoms with E-state index in [1.807, 2.05) is 0 Å². The van der Waals surface area contributed by atoms with E-state index in [1.54, 1.807) is 26.1 Å². The Morgan fingerprint density at radius 2 is 1.83 bits per heavy atom. The molecule has 4 nitrogen and oxygen atoms in total. The van der Waals surface area contributed by atoms with Crippen LogP contribution in [0.2, 0.25) is 10.0 Å². The Morgan fingerprint density at radius 3 is 2.28 bits per heavy atom. The minimum atomic E-state index is -3.53. The summed E-state index contributed by atoms with van der Waals surface area (Å²) in [5.74, 6) is 0. The van der Waals surface area contributed by atoms with Gasteiger partial charge in [-0.25, -0.2) is 8.42 Å². The summed E-state index contributed by atoms with van der Waals surface area (Å²) in [5, 5.41) is 2.70. The molecule has 2 N–H and O–H groups in total. The lowest BCUT2D eigenvalue weighted by Gasteiger charge is -2.16. The van der Waals surface area contributed by atoms with Gasteiger partial charge >= 0.3 is 0 Å². The van der Waals surface area contributed by atoms with Gasteiger partial charge in [-0.05, 0) is 26.1 Å². The van der Waals surface area contributed by atoms with Crippen LogP contribution in [0.3, 0.4) is 0 Å². The molecule has 18 heavy (non-hydrogen) atoms. The van der Waals surface area contributed by atoms with E-state index in [0.717, 1.165) is 0 Å². The topological polar surface area (TPSA) is 58.2 Å². The summed E-state index contributed by atoms with van der Waals surface area (Å²) in [4.78, 5) is 0. The second-order valence-corrected chi connectivity index (χ2v) is 7.59. The molecule has 0 saturated heterocycles. The maximum Gasteiger partial charge on any atom is 0.236 e. The molecule has 0 saturated carbocycles. The van der Waals surface area contributed by atoms with Crippen LogP contribution < -0.4 is 10.0 Å². The highest BCUT2D eigenvalue weighted by Crippen LogP contribution is 2.34. The Hall–Kier alpha value is -0.0100. The summed E-state index contributed by atoms with van der Waals surface area (Å²) in [6.45, 7) is 1.93. The third-order valence-corrected chi connectivity index (χ3v) is 5.04. The van der Waals surface area contributed by atoms with Crippen LogP contribution in [0.4, 0.5) is 5.69 Å². The van der Waals surface area contributed by atoms with Crippen LogP contribution in [0.1, 0.15) is 6.92 Å². The van der Waals surface area contributed by atoms with Crippen LogP contribution in [-0.4, -0.2) is 27.3 Å². The molecule has 0 radical (unpaired) electrons. The van der Waals surface area contributed by atoms with Gasteiger partial charge in [0.2, 0.25) is 10.0 Å². The molecule has 0 aliphatic heterocycles. The molecule has 8 heteroatoms. The lowest BCUT2D eigenvalue weighted by Crippen LogP contribution is -2.33. The number of sulfonamides is 1. The molecule has 102 valence electrons. The molecular weight excluding hydrogens is 363 g/mol. The van der Waals surface area contributed by atoms with Gasteiger partial charge in [0.25, 0.3) is 0 Å². The van der Waals surface area contributed by atoms with Gasteiger partial charge in [-0.15, -0.1) is 0 Å². The highest BCUT2D eigenvalue weighted by Gasteiger charge is 2.22. The predicted octanol–water partition coefficient (Wildman–Crippen LogP) is 3.11. The van der Waals surface area contributed by atoms with Crippen molar-refractivity contribution in [3.05, 3.63) is 26.7 Å². The average molecular weight is 376 g/mol. The van der Waals surface area contributed by atoms with Crippen molar-refractivity contribution < 1.29 is 8.42 Å². The van der Waals surface area contributed by atoms with Crippen molar-refractivity contribution >= 4 is 54.8 Å². The standard InChI is InChI=1S/C10H13BrCl2N2O2S/c1-6(5-14-2)18(16,17)15-10-8(12)3-7(11)4-9(10)13/h3-4,6,14-15H,5H2,1-2H3. The van der Waals surface area contributed by atoms with Gasteiger partial charge < -0.3 is 5.32 Å². The van der Waals surface area contributed by atoms with Crippen molar-refractivity contribution in [1.29, 1.82) is 0 Å². The van der Waals surface area contributed by atoms with Crippen molar-refractivity contribution in [2.75, 3.05) is 18.3 Å². The monoisotopic (exact) mass is 374 g/mol. The Labute approximate surface area is 125 Å². The summed E-state index contributed by atoms with van der Waals surface area (Å²) < 4.78 is 27.1. The maximum atomic E-state index is 12.0. The summed E-state index contributed by atoms with van der Waals surface area (Å²) in [6.07, 6.45) is 0. The largest absolute Gasteiger partial charge is 0.318 e. The van der Waals surface area contributed by atoms with Crippen molar-refractivity contribution in [2.45, 2.75) is 12.2 Å². The fraction of sp³-hybridized carbons (Fsp3) is 0.400. The Bertz CT molecular complexity index is 514. The Morgan fingerprint density at radius 1 is 1.33 bits per heavy atom. The molecular formula is C10H13BrCl2N2O2S. The van der Waals surface area contributed by atoms with Crippen molar-refractivity contribution in [3.8, 4) is 0 Å². The first-order chi connectivity index (χ1) is 8.27. The first-order valence-corrected chi connectivity index (χ1v) is 8.18. The lowest BCUT2D eigenvalue weighted by atomic mass is 10.3. The lowest BCUT2D eigenvalue weighted by molar-refractivity contribution is 0.584. The molecule has 0 aliphatic carbocycles. The molecule has 0 bridgehead atoms. The molecule has 1 aromatic rings. The fourth-order valence-corrected chi connectivity index (χ4v) is 3.79. The maximum absolute atomic E-state index is 12.0. The van der Waals surface area contributed by atoms with Crippen LogP contribution in [0.5, 0.6) is 0 Å². The Kier molecular flexibility index (Phi) is 5.73. The molecule has 1 atom stereocenters. The number of anilines is 1. The van der Waals surface area contributed by atoms with Crippen molar-refractivity contribution in [1.82, 2.24) is 5.32 Å². The molecule has 0 fully saturated rings. The van der Waals surface area contributed by atoms with Gasteiger partial charge in [0.15, 0.2) is 0 Å². The zero-order valence-electron chi connectivity index (χ0n) is 9.80. The summed E-state index contributed by atoms with van der Waals surface area (Å²) in [5.41, 5.74) is 0.199. The molecule has 0 spiro atoms. The van der Waals surface area contributed by atoms with Gasteiger partial charge in [0.05, 0.1) is 21.0 Å². The van der Waals surface area contributed by atoms with Crippen molar-refractivity contribution in [2.24, 2.45) is 0 Å². The van der Waals surface area contributed by atoms with E-state index in [9.17, 15) is 8.42 Å². The number of halogens is 3. The number of hydrogen-bond acceptors (Lipinski definition) is 3. The van der Waals surface area contributed by atoms with E-state index in [4.69, 9.17) is 23.2 Å². The third-order valence-electron chi connectivity index (χ3n) is 2.27. The molecule has 0 aromatic heterocycles. The second kappa shape index (κ2) is 6.43. The zero-order chi connectivity index (χ0) is 13.9. The van der Waals surface area contributed by atoms with Gasteiger partial charge in [-0.2, -0.15) is 0 Å². The SMILES string of the molecule is CNCC(C)S(=O)(=O)Nc1c(Cl)cc(Br)cc1Cl. The van der Waals surface area contributed by atoms with Gasteiger partial charge in [-0.1, -0.05) is 39.1 Å². The second-order valence-electron chi connectivity index (χ2n) is 3.76. The molecule has 1 unspecified atom stereocenters. The predicted molar refractivity (Wildman–Crippen MR) is 80.1 cm³/mol. The van der Waals surface area contributed by atoms with E-state index in [2.05, 4.69) is 26.0 Å². The number of hydrogen-bond donors (Lipinski definition) is 2. The third kappa shape index (κ3) is 3.99. The quantitative estimate of drug-likeness (QED) is 0.831. The molecule has 0 heterocycles. The van der Waals surface area contributed by atoms with Gasteiger partial charge in [-0.3, -0.25) is 4.72 Å². The highest BCUT2D eigenvalue weighted by atomic mass is 79.9. The van der Waals surface area contributed by atoms with Crippen molar-refractivity contribution in [3.63, 3.8) is 0 Å². The molecule has 0 aliphatic rings. The minimum absolute atomic E-state index is 0.199. The number of benzene rings is 1. The minimum Gasteiger partial charge on any atom is -0.318 e. The molecule has 1 aromatic carbocycles. The zero-order valence-corrected chi connectivity index (χ0v) is 13.7. The van der Waals surface area contributed by atoms with Gasteiger partial charge in [0, 0.05) is 11.0 Å². The summed E-state index contributed by atoms with van der Waals surface area (Å²) in [6, 6.07) is 3.15. The van der Waals surface area contributed by atoms with E-state index < -0.39 is 15.3 Å². The summed E-state index contributed by atoms with van der Waals surface area (Å²) >= 11 is 15.2. The van der Waals surface area contributed by atoms with E-state index >= 15 is 0 Å². The highest BCUT2D eigenvalue weighted by molar-refractivity contribution is 9.10. The Balaban J connectivity index is 3.05. The van der Waals surface area contributed by atoms with E-state index in [-0.39, 0.29) is 15.7 Å². The first kappa shape index (κ1) is 16.0. The van der Waals surface area contributed by atoms with Crippen LogP contribution >= 0.6 is 39.1 Å². The van der Waals surface area contributed by atoms with Crippen LogP contribution in [-0.2, 0) is 10.0 Å². The first-order valence-electron chi connectivity index (χ1n) is 5.08. The fourth-order valence-electron chi connectivity index (χ4n) is 1.28. The summed E-state index contributed by atoms with van der Waals surface area (Å²) in [7, 11) is -1.84. The van der Waals surface area contributed by atoms with Crippen LogP contribution in [0.15, 0.2) is 16.6 Å². The van der Waals surface area contributed by atoms with E-state index in [0.29, 0.717) is 11.0 Å². The number of nitrogens with one attached hydrogen (secondary N) is 2. The normalized spacial score (nSPS) is 13.4. The van der Waals surface area contributed by atoms with E-state index in [1.165, 1.54) is 0 Å². The smallest absolute Gasteiger partial charge is 0.236 e. The number of rotatable bonds is 5. The van der Waals surface area contributed by atoms with Crippen LogP contribution in [0, 0.1) is 0 Å². The molecule has 1 rings (SSSR count). The van der Waals surface area contributed by atoms with Crippen LogP contribution in [0.25, 0.3) is 0 Å². The molecule has 0 amide bonds.